The average molecular weight is 248 g/mol. The van der Waals surface area contributed by atoms with Gasteiger partial charge < -0.3 is 0 Å². The number of hydrazone groups is 1. The van der Waals surface area contributed by atoms with Gasteiger partial charge in [-0.15, -0.1) is 0 Å². The van der Waals surface area contributed by atoms with E-state index in [0.717, 1.165) is 0 Å². The summed E-state index contributed by atoms with van der Waals surface area (Å²) in [4.78, 5) is 0.0552. The van der Waals surface area contributed by atoms with E-state index in [9.17, 15) is 8.42 Å². The lowest BCUT2D eigenvalue weighted by Crippen LogP contribution is -2.11. The molecule has 0 radical (unpaired) electrons. The fourth-order valence-electron chi connectivity index (χ4n) is 0.861. The lowest BCUT2D eigenvalue weighted by Gasteiger charge is -2.01. The third-order valence-electron chi connectivity index (χ3n) is 1.52. The molecule has 1 rings (SSSR count). The number of anilines is 1. The average Bonchev–Trinajstić information content (AvgIpc) is 2.14. The lowest BCUT2D eigenvalue weighted by atomic mass is 10.3. The zero-order chi connectivity index (χ0) is 11.5. The van der Waals surface area contributed by atoms with Gasteiger partial charge in [0, 0.05) is 0 Å². The number of benzene rings is 1. The van der Waals surface area contributed by atoms with Gasteiger partial charge in [0.2, 0.25) is 10.0 Å². The monoisotopic (exact) mass is 247 g/mol. The Morgan fingerprint density at radius 1 is 1.40 bits per heavy atom. The van der Waals surface area contributed by atoms with Gasteiger partial charge in [0.05, 0.1) is 10.6 Å². The number of sulfonamides is 1. The van der Waals surface area contributed by atoms with Crippen LogP contribution in [0.4, 0.5) is 5.69 Å². The summed E-state index contributed by atoms with van der Waals surface area (Å²) in [5, 5.41) is 9.02. The number of primary sulfonamides is 1. The summed E-state index contributed by atoms with van der Waals surface area (Å²) in [7, 11) is -3.64. The molecule has 0 spiro atoms. The van der Waals surface area contributed by atoms with Crippen LogP contribution in [0.3, 0.4) is 0 Å². The first kappa shape index (κ1) is 12.0. The molecule has 0 aliphatic carbocycles. The van der Waals surface area contributed by atoms with E-state index in [1.54, 1.807) is 19.1 Å². The van der Waals surface area contributed by atoms with Gasteiger partial charge in [-0.1, -0.05) is 11.6 Å². The first-order valence-electron chi connectivity index (χ1n) is 3.98. The maximum absolute atomic E-state index is 10.9. The van der Waals surface area contributed by atoms with Gasteiger partial charge in [0.25, 0.3) is 0 Å². The Balaban J connectivity index is 2.87. The van der Waals surface area contributed by atoms with Crippen molar-refractivity contribution >= 4 is 32.5 Å². The minimum Gasteiger partial charge on any atom is -0.277 e. The summed E-state index contributed by atoms with van der Waals surface area (Å²) < 4.78 is 21.8. The normalized spacial score (nSPS) is 12.6. The Labute approximate surface area is 93.0 Å². The Morgan fingerprint density at radius 2 is 1.93 bits per heavy atom. The Hall–Kier alpha value is -1.11. The topological polar surface area (TPSA) is 84.5 Å². The summed E-state index contributed by atoms with van der Waals surface area (Å²) in [5.74, 6) is 0. The van der Waals surface area contributed by atoms with Crippen LogP contribution in [0, 0.1) is 0 Å². The Morgan fingerprint density at radius 3 is 2.33 bits per heavy atom. The second-order valence-electron chi connectivity index (χ2n) is 2.79. The highest BCUT2D eigenvalue weighted by Crippen LogP contribution is 2.12. The minimum atomic E-state index is -3.64. The zero-order valence-corrected chi connectivity index (χ0v) is 9.51. The molecule has 0 aromatic heterocycles. The van der Waals surface area contributed by atoms with Crippen molar-refractivity contribution in [2.75, 3.05) is 5.43 Å². The SMILES string of the molecule is C/C(Cl)=N/Nc1ccc(S(N)(=O)=O)cc1. The van der Waals surface area contributed by atoms with Crippen molar-refractivity contribution in [2.45, 2.75) is 11.8 Å². The number of nitrogens with two attached hydrogens (primary N) is 1. The van der Waals surface area contributed by atoms with Crippen LogP contribution < -0.4 is 10.6 Å². The van der Waals surface area contributed by atoms with Gasteiger partial charge in [-0.3, -0.25) is 5.43 Å². The van der Waals surface area contributed by atoms with Crippen molar-refractivity contribution in [3.8, 4) is 0 Å². The predicted octanol–water partition coefficient (Wildman–Crippen LogP) is 1.32. The van der Waals surface area contributed by atoms with E-state index in [1.807, 2.05) is 0 Å². The minimum absolute atomic E-state index is 0.0552. The van der Waals surface area contributed by atoms with Gasteiger partial charge in [-0.2, -0.15) is 5.10 Å². The van der Waals surface area contributed by atoms with E-state index in [2.05, 4.69) is 10.5 Å². The van der Waals surface area contributed by atoms with Gasteiger partial charge in [-0.05, 0) is 31.2 Å². The molecule has 0 heterocycles. The fourth-order valence-corrected chi connectivity index (χ4v) is 1.42. The molecule has 5 nitrogen and oxygen atoms in total. The molecular formula is C8H10ClN3O2S. The first-order chi connectivity index (χ1) is 6.89. The highest BCUT2D eigenvalue weighted by atomic mass is 35.5. The Kier molecular flexibility index (Phi) is 3.67. The van der Waals surface area contributed by atoms with E-state index in [4.69, 9.17) is 16.7 Å². The van der Waals surface area contributed by atoms with E-state index >= 15 is 0 Å². The van der Waals surface area contributed by atoms with Crippen LogP contribution in [0.1, 0.15) is 6.92 Å². The van der Waals surface area contributed by atoms with Crippen LogP contribution >= 0.6 is 11.6 Å². The van der Waals surface area contributed by atoms with Crippen molar-refractivity contribution < 1.29 is 8.42 Å². The van der Waals surface area contributed by atoms with Crippen molar-refractivity contribution in [1.82, 2.24) is 0 Å². The summed E-state index contributed by atoms with van der Waals surface area (Å²) in [6.07, 6.45) is 0. The van der Waals surface area contributed by atoms with Crippen LogP contribution in [-0.2, 0) is 10.0 Å². The molecule has 3 N–H and O–H groups in total. The molecule has 0 saturated heterocycles. The molecule has 1 aromatic carbocycles. The largest absolute Gasteiger partial charge is 0.277 e. The lowest BCUT2D eigenvalue weighted by molar-refractivity contribution is 0.598. The highest BCUT2D eigenvalue weighted by molar-refractivity contribution is 7.89. The molecule has 0 bridgehead atoms. The van der Waals surface area contributed by atoms with Crippen LogP contribution in [0.25, 0.3) is 0 Å². The number of hydrogen-bond acceptors (Lipinski definition) is 4. The third kappa shape index (κ3) is 3.86. The molecule has 82 valence electrons. The molecule has 7 heteroatoms. The second-order valence-corrected chi connectivity index (χ2v) is 4.90. The van der Waals surface area contributed by atoms with Crippen molar-refractivity contribution in [2.24, 2.45) is 10.2 Å². The summed E-state index contributed by atoms with van der Waals surface area (Å²) in [6.45, 7) is 1.62. The zero-order valence-electron chi connectivity index (χ0n) is 7.94. The fraction of sp³-hybridized carbons (Fsp3) is 0.125. The maximum Gasteiger partial charge on any atom is 0.238 e. The summed E-state index contributed by atoms with van der Waals surface area (Å²) in [5.41, 5.74) is 3.27. The maximum atomic E-state index is 10.9. The first-order valence-corrected chi connectivity index (χ1v) is 5.91. The van der Waals surface area contributed by atoms with Crippen molar-refractivity contribution in [1.29, 1.82) is 0 Å². The predicted molar refractivity (Wildman–Crippen MR) is 60.4 cm³/mol. The molecule has 0 unspecified atom stereocenters. The van der Waals surface area contributed by atoms with E-state index in [-0.39, 0.29) is 4.90 Å². The standard InChI is InChI=1S/C8H10ClN3O2S/c1-6(9)11-12-7-2-4-8(5-3-7)15(10,13)14/h2-5,12H,1H3,(H2,10,13,14)/b11-6-. The molecule has 0 amide bonds. The number of halogens is 1. The molecule has 0 atom stereocenters. The third-order valence-corrected chi connectivity index (χ3v) is 2.54. The summed E-state index contributed by atoms with van der Waals surface area (Å²) in [6, 6.07) is 5.86. The molecule has 0 fully saturated rings. The van der Waals surface area contributed by atoms with Gasteiger partial charge in [-0.25, -0.2) is 13.6 Å². The van der Waals surface area contributed by atoms with E-state index < -0.39 is 10.0 Å². The molecule has 0 aliphatic heterocycles. The van der Waals surface area contributed by atoms with Crippen LogP contribution in [-0.4, -0.2) is 13.6 Å². The number of nitrogens with zero attached hydrogens (tertiary/aromatic N) is 1. The quantitative estimate of drug-likeness (QED) is 0.624. The smallest absolute Gasteiger partial charge is 0.238 e. The number of hydrogen-bond donors (Lipinski definition) is 2. The highest BCUT2D eigenvalue weighted by Gasteiger charge is 2.05. The van der Waals surface area contributed by atoms with Gasteiger partial charge >= 0.3 is 0 Å². The van der Waals surface area contributed by atoms with Crippen molar-refractivity contribution in [3.05, 3.63) is 24.3 Å². The van der Waals surface area contributed by atoms with Crippen LogP contribution in [0.2, 0.25) is 0 Å². The molecular weight excluding hydrogens is 238 g/mol. The van der Waals surface area contributed by atoms with Crippen LogP contribution in [0.5, 0.6) is 0 Å². The van der Waals surface area contributed by atoms with E-state index in [1.165, 1.54) is 12.1 Å². The molecule has 0 aliphatic rings. The van der Waals surface area contributed by atoms with Crippen LogP contribution in [0.15, 0.2) is 34.3 Å². The second kappa shape index (κ2) is 4.61. The van der Waals surface area contributed by atoms with E-state index in [0.29, 0.717) is 10.9 Å². The van der Waals surface area contributed by atoms with Crippen molar-refractivity contribution in [3.63, 3.8) is 0 Å². The molecule has 15 heavy (non-hydrogen) atoms. The molecule has 1 aromatic rings. The molecule has 0 saturated carbocycles. The number of rotatable bonds is 3. The summed E-state index contributed by atoms with van der Waals surface area (Å²) >= 11 is 5.50. The van der Waals surface area contributed by atoms with Gasteiger partial charge in [0.1, 0.15) is 5.17 Å². The Bertz CT molecular complexity index is 463. The number of nitrogens with one attached hydrogen (secondary N) is 1. The van der Waals surface area contributed by atoms with Gasteiger partial charge in [0.15, 0.2) is 0 Å².